The van der Waals surface area contributed by atoms with Crippen molar-refractivity contribution in [2.75, 3.05) is 5.32 Å². The van der Waals surface area contributed by atoms with Gasteiger partial charge in [-0.15, -0.1) is 0 Å². The highest BCUT2D eigenvalue weighted by atomic mass is 35.5. The third kappa shape index (κ3) is 3.15. The third-order valence-electron chi connectivity index (χ3n) is 4.17. The number of carbonyl (C=O) groups excluding carboxylic acids is 1. The number of amides is 1. The lowest BCUT2D eigenvalue weighted by molar-refractivity contribution is 0.102. The minimum atomic E-state index is -0.472. The Hall–Kier alpha value is -2.66. The number of rotatable bonds is 3. The zero-order valence-electron chi connectivity index (χ0n) is 14.3. The minimum absolute atomic E-state index is 0.0828. The number of carbonyl (C=O) groups is 1. The molecule has 0 atom stereocenters. The smallest absolute Gasteiger partial charge is 0.262 e. The molecule has 0 bridgehead atoms. The fourth-order valence-electron chi connectivity index (χ4n) is 2.85. The van der Waals surface area contributed by atoms with E-state index in [-0.39, 0.29) is 11.0 Å². The molecular formula is C19H18ClN3O2. The predicted molar refractivity (Wildman–Crippen MR) is 101 cm³/mol. The number of fused-ring (bicyclic) bond motifs is 1. The van der Waals surface area contributed by atoms with Crippen molar-refractivity contribution < 1.29 is 4.79 Å². The van der Waals surface area contributed by atoms with Crippen LogP contribution < -0.4 is 10.7 Å². The Morgan fingerprint density at radius 1 is 1.28 bits per heavy atom. The van der Waals surface area contributed by atoms with Crippen LogP contribution in [0.1, 0.15) is 28.4 Å². The fraction of sp³-hybridized carbons (Fsp3) is 0.211. The average molecular weight is 356 g/mol. The quantitative estimate of drug-likeness (QED) is 0.774. The normalized spacial score (nSPS) is 10.9. The molecule has 1 amide bonds. The summed E-state index contributed by atoms with van der Waals surface area (Å²) >= 11 is 6.19. The number of anilines is 1. The number of aromatic nitrogens is 2. The van der Waals surface area contributed by atoms with Crippen LogP contribution in [-0.2, 0) is 6.54 Å². The van der Waals surface area contributed by atoms with Crippen LogP contribution in [0.25, 0.3) is 10.9 Å². The van der Waals surface area contributed by atoms with E-state index in [2.05, 4.69) is 10.3 Å². The highest BCUT2D eigenvalue weighted by Crippen LogP contribution is 2.24. The molecular weight excluding hydrogens is 338 g/mol. The molecule has 2 aromatic heterocycles. The van der Waals surface area contributed by atoms with Crippen LogP contribution in [0.3, 0.4) is 0 Å². The molecule has 0 spiro atoms. The molecule has 0 saturated carbocycles. The second-order valence-corrected chi connectivity index (χ2v) is 6.31. The number of pyridine rings is 2. The molecule has 0 aliphatic rings. The number of hydrogen-bond acceptors (Lipinski definition) is 3. The van der Waals surface area contributed by atoms with E-state index in [0.29, 0.717) is 22.8 Å². The van der Waals surface area contributed by atoms with E-state index in [0.717, 1.165) is 16.6 Å². The van der Waals surface area contributed by atoms with Gasteiger partial charge in [0.2, 0.25) is 5.43 Å². The van der Waals surface area contributed by atoms with Gasteiger partial charge in [0.05, 0.1) is 5.52 Å². The molecule has 25 heavy (non-hydrogen) atoms. The number of benzene rings is 1. The monoisotopic (exact) mass is 355 g/mol. The van der Waals surface area contributed by atoms with Gasteiger partial charge in [0.1, 0.15) is 11.4 Å². The molecule has 128 valence electrons. The lowest BCUT2D eigenvalue weighted by Gasteiger charge is -2.14. The summed E-state index contributed by atoms with van der Waals surface area (Å²) < 4.78 is 1.87. The molecule has 0 saturated heterocycles. The van der Waals surface area contributed by atoms with Crippen molar-refractivity contribution in [1.29, 1.82) is 0 Å². The van der Waals surface area contributed by atoms with Gasteiger partial charge in [-0.1, -0.05) is 11.6 Å². The number of hydrogen-bond donors (Lipinski definition) is 1. The first kappa shape index (κ1) is 17.2. The molecule has 1 aromatic carbocycles. The molecule has 5 nitrogen and oxygen atoms in total. The number of nitrogens with zero attached hydrogens (tertiary/aromatic N) is 2. The summed E-state index contributed by atoms with van der Waals surface area (Å²) in [4.78, 5) is 29.5. The third-order valence-corrected chi connectivity index (χ3v) is 4.58. The Balaban J connectivity index is 2.14. The summed E-state index contributed by atoms with van der Waals surface area (Å²) in [6, 6.07) is 6.94. The number of nitrogens with one attached hydrogen (secondary N) is 1. The minimum Gasteiger partial charge on any atom is -0.346 e. The van der Waals surface area contributed by atoms with Gasteiger partial charge in [-0.3, -0.25) is 9.59 Å². The number of halogens is 1. The van der Waals surface area contributed by atoms with E-state index in [1.54, 1.807) is 30.6 Å². The van der Waals surface area contributed by atoms with E-state index in [1.807, 2.05) is 31.4 Å². The van der Waals surface area contributed by atoms with Gasteiger partial charge in [0.25, 0.3) is 5.91 Å². The van der Waals surface area contributed by atoms with Crippen LogP contribution in [0.4, 0.5) is 5.82 Å². The van der Waals surface area contributed by atoms with Gasteiger partial charge in [0.15, 0.2) is 0 Å². The van der Waals surface area contributed by atoms with Crippen LogP contribution in [0.5, 0.6) is 0 Å². The van der Waals surface area contributed by atoms with Gasteiger partial charge < -0.3 is 9.88 Å². The Bertz CT molecular complexity index is 1040. The first-order valence-electron chi connectivity index (χ1n) is 7.98. The van der Waals surface area contributed by atoms with Crippen molar-refractivity contribution in [2.24, 2.45) is 0 Å². The molecule has 0 unspecified atom stereocenters. The molecule has 2 heterocycles. The van der Waals surface area contributed by atoms with E-state index in [1.165, 1.54) is 0 Å². The van der Waals surface area contributed by atoms with Crippen molar-refractivity contribution in [3.63, 3.8) is 0 Å². The lowest BCUT2D eigenvalue weighted by atomic mass is 10.1. The Kier molecular flexibility index (Phi) is 4.59. The van der Waals surface area contributed by atoms with Gasteiger partial charge >= 0.3 is 0 Å². The zero-order valence-corrected chi connectivity index (χ0v) is 15.0. The highest BCUT2D eigenvalue weighted by Gasteiger charge is 2.17. The first-order chi connectivity index (χ1) is 11.9. The van der Waals surface area contributed by atoms with Crippen molar-refractivity contribution >= 4 is 34.2 Å². The summed E-state index contributed by atoms with van der Waals surface area (Å²) in [7, 11) is 0. The van der Waals surface area contributed by atoms with Crippen LogP contribution >= 0.6 is 11.6 Å². The Morgan fingerprint density at radius 3 is 2.72 bits per heavy atom. The van der Waals surface area contributed by atoms with Crippen molar-refractivity contribution in [1.82, 2.24) is 9.55 Å². The van der Waals surface area contributed by atoms with Crippen LogP contribution in [0.2, 0.25) is 5.02 Å². The van der Waals surface area contributed by atoms with Gasteiger partial charge in [-0.05, 0) is 56.2 Å². The molecule has 3 aromatic rings. The Labute approximate surface area is 150 Å². The molecule has 0 aliphatic heterocycles. The molecule has 0 radical (unpaired) electrons. The second kappa shape index (κ2) is 6.69. The van der Waals surface area contributed by atoms with E-state index in [4.69, 9.17) is 11.6 Å². The van der Waals surface area contributed by atoms with Crippen molar-refractivity contribution in [2.45, 2.75) is 27.3 Å². The average Bonchev–Trinajstić information content (AvgIpc) is 2.58. The zero-order chi connectivity index (χ0) is 18.1. The molecule has 3 rings (SSSR count). The SMILES string of the molecule is CCn1cc(C(=O)Nc2cc(C)ccn2)c(=O)c2ccc(Cl)c(C)c21. The van der Waals surface area contributed by atoms with E-state index < -0.39 is 5.91 Å². The maximum absolute atomic E-state index is 12.8. The summed E-state index contributed by atoms with van der Waals surface area (Å²) in [6.45, 7) is 6.34. The molecule has 0 fully saturated rings. The van der Waals surface area contributed by atoms with Crippen LogP contribution in [0, 0.1) is 13.8 Å². The fourth-order valence-corrected chi connectivity index (χ4v) is 3.00. The summed E-state index contributed by atoms with van der Waals surface area (Å²) in [5.41, 5.74) is 2.32. The second-order valence-electron chi connectivity index (χ2n) is 5.90. The summed E-state index contributed by atoms with van der Waals surface area (Å²) in [5, 5.41) is 3.77. The summed E-state index contributed by atoms with van der Waals surface area (Å²) in [5.74, 6) is -0.0559. The topological polar surface area (TPSA) is 64.0 Å². The van der Waals surface area contributed by atoms with Gasteiger partial charge in [-0.25, -0.2) is 4.98 Å². The highest BCUT2D eigenvalue weighted by molar-refractivity contribution is 6.32. The standard InChI is InChI=1S/C19H18ClN3O2/c1-4-23-10-14(19(25)22-16-9-11(2)7-8-21-16)18(24)13-5-6-15(20)12(3)17(13)23/h5-10H,4H2,1-3H3,(H,21,22,25). The van der Waals surface area contributed by atoms with Gasteiger partial charge in [0, 0.05) is 29.3 Å². The van der Waals surface area contributed by atoms with E-state index in [9.17, 15) is 9.59 Å². The molecule has 0 aliphatic carbocycles. The van der Waals surface area contributed by atoms with Crippen LogP contribution in [0.15, 0.2) is 41.5 Å². The maximum Gasteiger partial charge on any atom is 0.262 e. The summed E-state index contributed by atoms with van der Waals surface area (Å²) in [6.07, 6.45) is 3.19. The maximum atomic E-state index is 12.8. The first-order valence-corrected chi connectivity index (χ1v) is 8.36. The van der Waals surface area contributed by atoms with Crippen molar-refractivity contribution in [3.05, 3.63) is 68.6 Å². The largest absolute Gasteiger partial charge is 0.346 e. The van der Waals surface area contributed by atoms with Crippen molar-refractivity contribution in [3.8, 4) is 0 Å². The molecule has 6 heteroatoms. The predicted octanol–water partition coefficient (Wildman–Crippen LogP) is 3.94. The van der Waals surface area contributed by atoms with Crippen LogP contribution in [-0.4, -0.2) is 15.5 Å². The van der Waals surface area contributed by atoms with E-state index >= 15 is 0 Å². The number of aryl methyl sites for hydroxylation is 3. The Morgan fingerprint density at radius 2 is 2.04 bits per heavy atom. The molecule has 1 N–H and O–H groups in total. The van der Waals surface area contributed by atoms with Gasteiger partial charge in [-0.2, -0.15) is 0 Å². The lowest BCUT2D eigenvalue weighted by Crippen LogP contribution is -2.24.